The molecule has 0 bridgehead atoms. The minimum Gasteiger partial charge on any atom is -0.340 e. The van der Waals surface area contributed by atoms with Crippen molar-refractivity contribution in [2.45, 2.75) is 12.5 Å². The Hall–Kier alpha value is -0.980. The second-order valence-corrected chi connectivity index (χ2v) is 7.10. The fraction of sp³-hybridized carbons (Fsp3) is 0.385. The summed E-state index contributed by atoms with van der Waals surface area (Å²) in [5.74, 6) is 0.799. The largest absolute Gasteiger partial charge is 0.340 e. The predicted octanol–water partition coefficient (Wildman–Crippen LogP) is 2.77. The monoisotopic (exact) mass is 338 g/mol. The first-order chi connectivity index (χ1) is 9.24. The summed E-state index contributed by atoms with van der Waals surface area (Å²) >= 11 is 5.17. The van der Waals surface area contributed by atoms with Gasteiger partial charge in [0.05, 0.1) is 3.79 Å². The molecule has 2 aromatic heterocycles. The number of thiophene rings is 1. The van der Waals surface area contributed by atoms with Crippen LogP contribution in [0.4, 0.5) is 5.95 Å². The summed E-state index contributed by atoms with van der Waals surface area (Å²) in [6.45, 7) is 2.09. The van der Waals surface area contributed by atoms with Crippen LogP contribution in [-0.2, 0) is 0 Å². The van der Waals surface area contributed by atoms with Crippen LogP contribution >= 0.6 is 27.3 Å². The molecule has 0 saturated carbocycles. The van der Waals surface area contributed by atoms with Crippen LogP contribution in [-0.4, -0.2) is 36.1 Å². The molecule has 1 atom stereocenters. The Balaban J connectivity index is 1.78. The number of anilines is 1. The molecule has 19 heavy (non-hydrogen) atoms. The number of rotatable bonds is 3. The van der Waals surface area contributed by atoms with Crippen LogP contribution in [0.3, 0.4) is 0 Å². The average Bonchev–Trinajstić information content (AvgIpc) is 3.09. The van der Waals surface area contributed by atoms with E-state index in [1.165, 1.54) is 4.88 Å². The molecule has 3 rings (SSSR count). The lowest BCUT2D eigenvalue weighted by Crippen LogP contribution is -2.34. The van der Waals surface area contributed by atoms with Crippen LogP contribution in [0.25, 0.3) is 10.4 Å². The molecule has 2 aromatic rings. The Bertz CT molecular complexity index is 548. The quantitative estimate of drug-likeness (QED) is 0.934. The van der Waals surface area contributed by atoms with Gasteiger partial charge in [-0.15, -0.1) is 11.3 Å². The van der Waals surface area contributed by atoms with E-state index in [4.69, 9.17) is 0 Å². The van der Waals surface area contributed by atoms with E-state index in [2.05, 4.69) is 49.2 Å². The van der Waals surface area contributed by atoms with Crippen LogP contribution in [0.1, 0.15) is 6.42 Å². The maximum absolute atomic E-state index is 4.49. The number of hydrogen-bond donors (Lipinski definition) is 1. The van der Waals surface area contributed by atoms with Crippen LogP contribution in [0.15, 0.2) is 28.3 Å². The first kappa shape index (κ1) is 13.0. The van der Waals surface area contributed by atoms with E-state index >= 15 is 0 Å². The normalized spacial score (nSPS) is 18.7. The van der Waals surface area contributed by atoms with E-state index < -0.39 is 0 Å². The van der Waals surface area contributed by atoms with Gasteiger partial charge in [-0.25, -0.2) is 9.97 Å². The van der Waals surface area contributed by atoms with Crippen molar-refractivity contribution in [2.24, 2.45) is 0 Å². The third kappa shape index (κ3) is 2.80. The van der Waals surface area contributed by atoms with E-state index in [1.54, 1.807) is 11.3 Å². The zero-order valence-electron chi connectivity index (χ0n) is 10.6. The molecule has 0 radical (unpaired) electrons. The molecule has 6 heteroatoms. The number of hydrogen-bond acceptors (Lipinski definition) is 5. The summed E-state index contributed by atoms with van der Waals surface area (Å²) < 4.78 is 1.13. The maximum atomic E-state index is 4.49. The Kier molecular flexibility index (Phi) is 3.81. The average molecular weight is 339 g/mol. The number of likely N-dealkylation sites (N-methyl/N-ethyl adjacent to an activating group) is 1. The molecule has 100 valence electrons. The molecule has 3 heterocycles. The smallest absolute Gasteiger partial charge is 0.225 e. The van der Waals surface area contributed by atoms with E-state index in [0.29, 0.717) is 6.04 Å². The molecule has 1 N–H and O–H groups in total. The van der Waals surface area contributed by atoms with Gasteiger partial charge in [-0.05, 0) is 41.0 Å². The predicted molar refractivity (Wildman–Crippen MR) is 82.7 cm³/mol. The lowest BCUT2D eigenvalue weighted by molar-refractivity contribution is 0.668. The van der Waals surface area contributed by atoms with Crippen LogP contribution in [0.5, 0.6) is 0 Å². The molecule has 1 aliphatic rings. The van der Waals surface area contributed by atoms with Crippen molar-refractivity contribution in [1.29, 1.82) is 0 Å². The van der Waals surface area contributed by atoms with Crippen molar-refractivity contribution >= 4 is 33.2 Å². The standard InChI is InChI=1S/C13H15BrN4S/c1-18(10-4-5-15-8-10)13-16-6-9(7-17-13)11-2-3-12(14)19-11/h2-3,6-7,10,15H,4-5,8H2,1H3. The number of nitrogens with one attached hydrogen (secondary N) is 1. The van der Waals surface area contributed by atoms with Gasteiger partial charge < -0.3 is 10.2 Å². The topological polar surface area (TPSA) is 41.1 Å². The molecule has 1 fully saturated rings. The van der Waals surface area contributed by atoms with Crippen molar-refractivity contribution in [3.63, 3.8) is 0 Å². The summed E-state index contributed by atoms with van der Waals surface area (Å²) in [5, 5.41) is 3.36. The van der Waals surface area contributed by atoms with Gasteiger partial charge >= 0.3 is 0 Å². The molecule has 4 nitrogen and oxygen atoms in total. The fourth-order valence-electron chi connectivity index (χ4n) is 2.23. The van der Waals surface area contributed by atoms with Crippen molar-refractivity contribution in [3.8, 4) is 10.4 Å². The molecule has 1 unspecified atom stereocenters. The summed E-state index contributed by atoms with van der Waals surface area (Å²) in [6.07, 6.45) is 4.96. The first-order valence-corrected chi connectivity index (χ1v) is 7.86. The SMILES string of the molecule is CN(c1ncc(-c2ccc(Br)s2)cn1)C1CCNC1. The van der Waals surface area contributed by atoms with E-state index in [1.807, 2.05) is 18.5 Å². The minimum atomic E-state index is 0.502. The van der Waals surface area contributed by atoms with Gasteiger partial charge in [-0.3, -0.25) is 0 Å². The van der Waals surface area contributed by atoms with Gasteiger partial charge in [0.2, 0.25) is 5.95 Å². The number of nitrogens with zero attached hydrogens (tertiary/aromatic N) is 3. The van der Waals surface area contributed by atoms with Crippen LogP contribution in [0, 0.1) is 0 Å². The summed E-state index contributed by atoms with van der Waals surface area (Å²) in [6, 6.07) is 4.63. The van der Waals surface area contributed by atoms with Gasteiger partial charge in [0.25, 0.3) is 0 Å². The zero-order valence-corrected chi connectivity index (χ0v) is 13.0. The minimum absolute atomic E-state index is 0.502. The lowest BCUT2D eigenvalue weighted by Gasteiger charge is -2.23. The highest BCUT2D eigenvalue weighted by Gasteiger charge is 2.21. The highest BCUT2D eigenvalue weighted by molar-refractivity contribution is 9.11. The summed E-state index contributed by atoms with van der Waals surface area (Å²) in [5.41, 5.74) is 1.07. The van der Waals surface area contributed by atoms with Gasteiger partial charge in [0.15, 0.2) is 0 Å². The van der Waals surface area contributed by atoms with E-state index in [9.17, 15) is 0 Å². The van der Waals surface area contributed by atoms with Gasteiger partial charge in [0, 0.05) is 42.5 Å². The van der Waals surface area contributed by atoms with Gasteiger partial charge in [0.1, 0.15) is 0 Å². The third-order valence-corrected chi connectivity index (χ3v) is 5.07. The van der Waals surface area contributed by atoms with Crippen molar-refractivity contribution in [3.05, 3.63) is 28.3 Å². The first-order valence-electron chi connectivity index (χ1n) is 6.25. The third-order valence-electron chi connectivity index (χ3n) is 3.39. The summed E-state index contributed by atoms with van der Waals surface area (Å²) in [7, 11) is 2.06. The molecule has 1 saturated heterocycles. The van der Waals surface area contributed by atoms with Crippen LogP contribution in [0.2, 0.25) is 0 Å². The van der Waals surface area contributed by atoms with E-state index in [0.717, 1.165) is 34.8 Å². The molecular weight excluding hydrogens is 324 g/mol. The Morgan fingerprint density at radius 2 is 2.16 bits per heavy atom. The van der Waals surface area contributed by atoms with Crippen molar-refractivity contribution in [1.82, 2.24) is 15.3 Å². The molecule has 0 spiro atoms. The highest BCUT2D eigenvalue weighted by atomic mass is 79.9. The summed E-state index contributed by atoms with van der Waals surface area (Å²) in [4.78, 5) is 12.3. The number of halogens is 1. The maximum Gasteiger partial charge on any atom is 0.225 e. The van der Waals surface area contributed by atoms with E-state index in [-0.39, 0.29) is 0 Å². The van der Waals surface area contributed by atoms with Crippen LogP contribution < -0.4 is 10.2 Å². The van der Waals surface area contributed by atoms with Gasteiger partial charge in [-0.1, -0.05) is 0 Å². The highest BCUT2D eigenvalue weighted by Crippen LogP contribution is 2.30. The Morgan fingerprint density at radius 1 is 1.37 bits per heavy atom. The number of aromatic nitrogens is 2. The Morgan fingerprint density at radius 3 is 2.74 bits per heavy atom. The Labute approximate surface area is 125 Å². The second kappa shape index (κ2) is 5.56. The molecule has 0 amide bonds. The van der Waals surface area contributed by atoms with Crippen molar-refractivity contribution in [2.75, 3.05) is 25.0 Å². The molecule has 1 aliphatic heterocycles. The lowest BCUT2D eigenvalue weighted by atomic mass is 10.2. The van der Waals surface area contributed by atoms with Crippen molar-refractivity contribution < 1.29 is 0 Å². The fourth-order valence-corrected chi connectivity index (χ4v) is 3.59. The van der Waals surface area contributed by atoms with Gasteiger partial charge in [-0.2, -0.15) is 0 Å². The molecule has 0 aliphatic carbocycles. The second-order valence-electron chi connectivity index (χ2n) is 4.63. The molecule has 0 aromatic carbocycles. The molecular formula is C13H15BrN4S. The zero-order chi connectivity index (χ0) is 13.2.